The summed E-state index contributed by atoms with van der Waals surface area (Å²) in [6, 6.07) is 0. The van der Waals surface area contributed by atoms with Crippen molar-refractivity contribution in [1.29, 1.82) is 0 Å². The van der Waals surface area contributed by atoms with Crippen LogP contribution in [0.15, 0.2) is 14.4 Å². The Morgan fingerprint density at radius 2 is 2.10 bits per heavy atom. The predicted octanol–water partition coefficient (Wildman–Crippen LogP) is 5.08. The van der Waals surface area contributed by atoms with E-state index in [4.69, 9.17) is 9.40 Å². The van der Waals surface area contributed by atoms with Crippen molar-refractivity contribution in [3.05, 3.63) is 32.6 Å². The Kier molecular flexibility index (Phi) is 5.47. The molecule has 1 fully saturated rings. The number of rotatable bonds is 9. The minimum absolute atomic E-state index is 0.137. The smallest absolute Gasteiger partial charge is 0.263 e. The maximum Gasteiger partial charge on any atom is 0.263 e. The molecule has 0 atom stereocenters. The predicted molar refractivity (Wildman–Crippen MR) is 116 cm³/mol. The first kappa shape index (κ1) is 19.3. The van der Waals surface area contributed by atoms with Gasteiger partial charge in [-0.15, -0.1) is 21.5 Å². The number of fused-ring (bicyclic) bond motifs is 3. The van der Waals surface area contributed by atoms with E-state index in [0.29, 0.717) is 17.6 Å². The standard InChI is InChI=1S/C21H26N4O2S2/c1-2-3-4-5-11-25-20(26)17-14-7-6-8-15(14)29-19(17)22-21(25)28-12-16-23-24-18(27-16)13-9-10-13/h13H,2-12H2,1H3. The van der Waals surface area contributed by atoms with Gasteiger partial charge >= 0.3 is 0 Å². The highest BCUT2D eigenvalue weighted by atomic mass is 32.2. The fourth-order valence-corrected chi connectivity index (χ4v) is 6.17. The van der Waals surface area contributed by atoms with Crippen LogP contribution in [0, 0.1) is 0 Å². The van der Waals surface area contributed by atoms with Crippen LogP contribution in [-0.2, 0) is 25.1 Å². The largest absolute Gasteiger partial charge is 0.424 e. The third kappa shape index (κ3) is 3.89. The molecule has 5 rings (SSSR count). The Balaban J connectivity index is 1.43. The van der Waals surface area contributed by atoms with Crippen LogP contribution in [0.1, 0.15) is 80.0 Å². The average Bonchev–Trinajstić information content (AvgIpc) is 3.12. The lowest BCUT2D eigenvalue weighted by atomic mass is 10.2. The number of aryl methyl sites for hydroxylation is 2. The topological polar surface area (TPSA) is 73.8 Å². The van der Waals surface area contributed by atoms with E-state index in [1.807, 2.05) is 4.57 Å². The molecule has 0 radical (unpaired) electrons. The fourth-order valence-electron chi connectivity index (χ4n) is 4.01. The van der Waals surface area contributed by atoms with Gasteiger partial charge in [0.25, 0.3) is 5.56 Å². The van der Waals surface area contributed by atoms with Gasteiger partial charge in [0.1, 0.15) is 4.83 Å². The molecule has 3 aromatic heterocycles. The van der Waals surface area contributed by atoms with Gasteiger partial charge in [0, 0.05) is 17.3 Å². The van der Waals surface area contributed by atoms with Gasteiger partial charge in [0.05, 0.1) is 11.1 Å². The molecule has 0 aromatic carbocycles. The summed E-state index contributed by atoms with van der Waals surface area (Å²) in [6.45, 7) is 2.93. The quantitative estimate of drug-likeness (QED) is 0.268. The van der Waals surface area contributed by atoms with Gasteiger partial charge in [-0.05, 0) is 44.1 Å². The Morgan fingerprint density at radius 3 is 2.93 bits per heavy atom. The molecule has 29 heavy (non-hydrogen) atoms. The van der Waals surface area contributed by atoms with Crippen molar-refractivity contribution in [2.24, 2.45) is 0 Å². The van der Waals surface area contributed by atoms with Crippen LogP contribution in [0.3, 0.4) is 0 Å². The number of unbranched alkanes of at least 4 members (excludes halogenated alkanes) is 3. The van der Waals surface area contributed by atoms with Gasteiger partial charge in [0.2, 0.25) is 11.8 Å². The van der Waals surface area contributed by atoms with Crippen LogP contribution in [0.5, 0.6) is 0 Å². The van der Waals surface area contributed by atoms with Crippen molar-refractivity contribution in [1.82, 2.24) is 19.7 Å². The van der Waals surface area contributed by atoms with Crippen molar-refractivity contribution >= 4 is 33.3 Å². The highest BCUT2D eigenvalue weighted by Crippen LogP contribution is 2.39. The summed E-state index contributed by atoms with van der Waals surface area (Å²) >= 11 is 3.25. The summed E-state index contributed by atoms with van der Waals surface area (Å²) in [5.74, 6) is 2.40. The lowest BCUT2D eigenvalue weighted by molar-refractivity contribution is 0.466. The Morgan fingerprint density at radius 1 is 1.21 bits per heavy atom. The van der Waals surface area contributed by atoms with E-state index in [1.54, 1.807) is 23.1 Å². The molecule has 3 aromatic rings. The maximum atomic E-state index is 13.4. The number of thiophene rings is 1. The fraction of sp³-hybridized carbons (Fsp3) is 0.619. The minimum Gasteiger partial charge on any atom is -0.424 e. The number of thioether (sulfide) groups is 1. The molecule has 8 heteroatoms. The van der Waals surface area contributed by atoms with E-state index < -0.39 is 0 Å². The highest BCUT2D eigenvalue weighted by molar-refractivity contribution is 7.98. The van der Waals surface area contributed by atoms with Gasteiger partial charge in [-0.2, -0.15) is 0 Å². The summed E-state index contributed by atoms with van der Waals surface area (Å²) in [4.78, 5) is 20.6. The van der Waals surface area contributed by atoms with E-state index in [1.165, 1.54) is 23.3 Å². The molecule has 0 bridgehead atoms. The second-order valence-electron chi connectivity index (χ2n) is 8.05. The van der Waals surface area contributed by atoms with E-state index >= 15 is 0 Å². The minimum atomic E-state index is 0.137. The van der Waals surface area contributed by atoms with Crippen LogP contribution in [0.25, 0.3) is 10.2 Å². The first-order valence-electron chi connectivity index (χ1n) is 10.7. The van der Waals surface area contributed by atoms with E-state index in [2.05, 4.69) is 17.1 Å². The van der Waals surface area contributed by atoms with Crippen LogP contribution in [0.4, 0.5) is 0 Å². The molecule has 0 unspecified atom stereocenters. The normalized spacial score (nSPS) is 16.0. The van der Waals surface area contributed by atoms with E-state index in [-0.39, 0.29) is 5.56 Å². The van der Waals surface area contributed by atoms with Gasteiger partial charge < -0.3 is 4.42 Å². The average molecular weight is 431 g/mol. The van der Waals surface area contributed by atoms with Crippen molar-refractivity contribution < 1.29 is 4.42 Å². The van der Waals surface area contributed by atoms with E-state index in [0.717, 1.165) is 72.8 Å². The Labute approximate surface area is 178 Å². The molecule has 0 spiro atoms. The SMILES string of the molecule is CCCCCCn1c(SCc2nnc(C3CC3)o2)nc2sc3c(c2c1=O)CCC3. The Bertz CT molecular complexity index is 1080. The molecule has 154 valence electrons. The lowest BCUT2D eigenvalue weighted by Crippen LogP contribution is -2.23. The molecule has 2 aliphatic carbocycles. The molecule has 0 saturated heterocycles. The Hall–Kier alpha value is -1.67. The monoisotopic (exact) mass is 430 g/mol. The number of aromatic nitrogens is 4. The van der Waals surface area contributed by atoms with Gasteiger partial charge in [0.15, 0.2) is 5.16 Å². The third-order valence-corrected chi connectivity index (χ3v) is 7.91. The van der Waals surface area contributed by atoms with Crippen molar-refractivity contribution in [3.8, 4) is 0 Å². The molecule has 3 heterocycles. The summed E-state index contributed by atoms with van der Waals surface area (Å²) in [5.41, 5.74) is 1.39. The van der Waals surface area contributed by atoms with Crippen molar-refractivity contribution in [2.75, 3.05) is 0 Å². The molecule has 0 aliphatic heterocycles. The highest BCUT2D eigenvalue weighted by Gasteiger charge is 2.29. The van der Waals surface area contributed by atoms with Crippen LogP contribution in [0.2, 0.25) is 0 Å². The molecule has 0 N–H and O–H groups in total. The molecular formula is C21H26N4O2S2. The van der Waals surface area contributed by atoms with Gasteiger partial charge in [-0.3, -0.25) is 9.36 Å². The summed E-state index contributed by atoms with van der Waals surface area (Å²) in [7, 11) is 0. The summed E-state index contributed by atoms with van der Waals surface area (Å²) in [6.07, 6.45) is 10.1. The summed E-state index contributed by atoms with van der Waals surface area (Å²) < 4.78 is 7.69. The molecule has 2 aliphatic rings. The van der Waals surface area contributed by atoms with Crippen LogP contribution >= 0.6 is 23.1 Å². The third-order valence-electron chi connectivity index (χ3n) is 5.76. The zero-order valence-corrected chi connectivity index (χ0v) is 18.4. The summed E-state index contributed by atoms with van der Waals surface area (Å²) in [5, 5.41) is 10.0. The molecule has 0 amide bonds. The van der Waals surface area contributed by atoms with Crippen LogP contribution < -0.4 is 5.56 Å². The molecular weight excluding hydrogens is 404 g/mol. The van der Waals surface area contributed by atoms with Crippen molar-refractivity contribution in [3.63, 3.8) is 0 Å². The molecule has 1 saturated carbocycles. The second-order valence-corrected chi connectivity index (χ2v) is 10.1. The first-order valence-corrected chi connectivity index (χ1v) is 12.5. The number of hydrogen-bond donors (Lipinski definition) is 0. The maximum absolute atomic E-state index is 13.4. The lowest BCUT2D eigenvalue weighted by Gasteiger charge is -2.11. The number of nitrogens with zero attached hydrogens (tertiary/aromatic N) is 4. The van der Waals surface area contributed by atoms with E-state index in [9.17, 15) is 4.79 Å². The second kappa shape index (κ2) is 8.22. The molecule has 6 nitrogen and oxygen atoms in total. The van der Waals surface area contributed by atoms with Gasteiger partial charge in [-0.25, -0.2) is 4.98 Å². The van der Waals surface area contributed by atoms with Crippen molar-refractivity contribution in [2.45, 2.75) is 88.1 Å². The zero-order valence-electron chi connectivity index (χ0n) is 16.8. The van der Waals surface area contributed by atoms with Crippen LogP contribution in [-0.4, -0.2) is 19.7 Å². The number of hydrogen-bond acceptors (Lipinski definition) is 7. The van der Waals surface area contributed by atoms with Gasteiger partial charge in [-0.1, -0.05) is 37.9 Å². The first-order chi connectivity index (χ1) is 14.2. The zero-order chi connectivity index (χ0) is 19.8.